The Morgan fingerprint density at radius 1 is 1.11 bits per heavy atom. The highest BCUT2D eigenvalue weighted by Gasteiger charge is 2.61. The van der Waals surface area contributed by atoms with Crippen LogP contribution in [0.3, 0.4) is 0 Å². The van der Waals surface area contributed by atoms with Crippen molar-refractivity contribution in [3.05, 3.63) is 59.9 Å². The van der Waals surface area contributed by atoms with E-state index >= 15 is 0 Å². The highest BCUT2D eigenvalue weighted by atomic mass is 19.4. The maximum Gasteiger partial charge on any atom is 0.417 e. The molecule has 1 aromatic heterocycles. The Hall–Kier alpha value is -3.53. The van der Waals surface area contributed by atoms with Crippen LogP contribution in [-0.4, -0.2) is 67.9 Å². The quantitative estimate of drug-likeness (QED) is 0.476. The van der Waals surface area contributed by atoms with E-state index in [0.29, 0.717) is 32.5 Å². The van der Waals surface area contributed by atoms with Gasteiger partial charge in [-0.05, 0) is 48.6 Å². The Morgan fingerprint density at radius 2 is 1.79 bits per heavy atom. The first-order valence-corrected chi connectivity index (χ1v) is 12.9. The van der Waals surface area contributed by atoms with Crippen molar-refractivity contribution in [2.45, 2.75) is 63.0 Å². The van der Waals surface area contributed by atoms with E-state index in [1.807, 2.05) is 37.3 Å². The highest BCUT2D eigenvalue weighted by molar-refractivity contribution is 5.77. The largest absolute Gasteiger partial charge is 0.491 e. The van der Waals surface area contributed by atoms with Gasteiger partial charge in [0.1, 0.15) is 18.2 Å². The Kier molecular flexibility index (Phi) is 5.90. The molecule has 38 heavy (non-hydrogen) atoms. The third-order valence-electron chi connectivity index (χ3n) is 8.10. The number of hydrogen-bond acceptors (Lipinski definition) is 4. The number of nitrogens with zero attached hydrogens (tertiary/aromatic N) is 3. The monoisotopic (exact) mass is 526 g/mol. The number of fused-ring (bicyclic) bond motifs is 3. The number of hydrogen-bond donors (Lipinski definition) is 2. The van der Waals surface area contributed by atoms with Gasteiger partial charge in [-0.25, -0.2) is 9.78 Å². The van der Waals surface area contributed by atoms with E-state index < -0.39 is 36.7 Å². The van der Waals surface area contributed by atoms with Crippen LogP contribution in [0, 0.1) is 6.92 Å². The number of piperidine rings is 1. The molecule has 2 unspecified atom stereocenters. The van der Waals surface area contributed by atoms with Gasteiger partial charge in [0.05, 0.1) is 13.1 Å². The zero-order valence-electron chi connectivity index (χ0n) is 21.0. The lowest BCUT2D eigenvalue weighted by molar-refractivity contribution is -0.277. The fraction of sp³-hybridized carbons (Fsp3) is 0.429. The minimum atomic E-state index is -4.71. The maximum absolute atomic E-state index is 13.7. The summed E-state index contributed by atoms with van der Waals surface area (Å²) < 4.78 is 46.6. The summed E-state index contributed by atoms with van der Waals surface area (Å²) in [7, 11) is 0. The van der Waals surface area contributed by atoms with Crippen molar-refractivity contribution in [1.82, 2.24) is 19.8 Å². The number of carbonyl (C=O) groups is 1. The van der Waals surface area contributed by atoms with Crippen molar-refractivity contribution >= 4 is 6.03 Å². The number of alkyl halides is 3. The van der Waals surface area contributed by atoms with E-state index in [1.165, 1.54) is 0 Å². The molecule has 2 aromatic carbocycles. The molecule has 2 N–H and O–H groups in total. The van der Waals surface area contributed by atoms with Crippen molar-refractivity contribution in [3.8, 4) is 28.3 Å². The van der Waals surface area contributed by atoms with Crippen LogP contribution in [-0.2, 0) is 6.54 Å². The van der Waals surface area contributed by atoms with E-state index in [4.69, 9.17) is 4.74 Å². The fourth-order valence-electron chi connectivity index (χ4n) is 6.22. The van der Waals surface area contributed by atoms with Crippen LogP contribution >= 0.6 is 0 Å². The van der Waals surface area contributed by atoms with Gasteiger partial charge < -0.3 is 24.6 Å². The smallest absolute Gasteiger partial charge is 0.417 e. The van der Waals surface area contributed by atoms with Gasteiger partial charge in [0.2, 0.25) is 0 Å². The molecule has 200 valence electrons. The topological polar surface area (TPSA) is 81.7 Å². The molecule has 3 aliphatic heterocycles. The van der Waals surface area contributed by atoms with Gasteiger partial charge in [-0.2, -0.15) is 13.2 Å². The number of nitrogens with one attached hydrogen (secondary N) is 1. The normalized spacial score (nSPS) is 25.1. The molecule has 0 saturated carbocycles. The molecule has 2 saturated heterocycles. The van der Waals surface area contributed by atoms with Gasteiger partial charge in [0, 0.05) is 48.4 Å². The van der Waals surface area contributed by atoms with E-state index in [9.17, 15) is 23.1 Å². The molecule has 3 aliphatic rings. The Labute approximate surface area is 218 Å². The molecule has 10 heteroatoms. The van der Waals surface area contributed by atoms with Crippen molar-refractivity contribution in [2.75, 3.05) is 13.2 Å². The Bertz CT molecular complexity index is 1330. The Balaban J connectivity index is 1.24. The predicted octanol–water partition coefficient (Wildman–Crippen LogP) is 5.29. The number of aryl methyl sites for hydroxylation is 1. The lowest BCUT2D eigenvalue weighted by Crippen LogP contribution is -2.60. The summed E-state index contributed by atoms with van der Waals surface area (Å²) in [5.74, 6) is 1.53. The highest BCUT2D eigenvalue weighted by Crippen LogP contribution is 2.48. The van der Waals surface area contributed by atoms with Crippen LogP contribution in [0.5, 0.6) is 5.75 Å². The van der Waals surface area contributed by atoms with E-state index in [1.54, 1.807) is 22.2 Å². The Morgan fingerprint density at radius 3 is 2.42 bits per heavy atom. The first-order chi connectivity index (χ1) is 18.1. The van der Waals surface area contributed by atoms with E-state index in [0.717, 1.165) is 39.4 Å². The van der Waals surface area contributed by atoms with Crippen LogP contribution in [0.15, 0.2) is 48.8 Å². The number of ether oxygens (including phenoxy) is 1. The average Bonchev–Trinajstić information content (AvgIpc) is 3.44. The molecular weight excluding hydrogens is 497 g/mol. The van der Waals surface area contributed by atoms with Crippen molar-refractivity contribution < 1.29 is 27.8 Å². The third-order valence-corrected chi connectivity index (χ3v) is 8.10. The van der Waals surface area contributed by atoms with Gasteiger partial charge in [-0.1, -0.05) is 24.3 Å². The molecule has 4 heterocycles. The second-order valence-corrected chi connectivity index (χ2v) is 10.6. The molecule has 0 spiro atoms. The van der Waals surface area contributed by atoms with Crippen LogP contribution in [0.1, 0.15) is 36.8 Å². The summed E-state index contributed by atoms with van der Waals surface area (Å²) in [6.45, 7) is 2.90. The number of carbonyl (C=O) groups excluding carboxylic acids is 1. The van der Waals surface area contributed by atoms with Crippen molar-refractivity contribution in [1.29, 1.82) is 0 Å². The van der Waals surface area contributed by atoms with Crippen LogP contribution < -0.4 is 4.74 Å². The first kappa shape index (κ1) is 24.8. The molecule has 7 nitrogen and oxygen atoms in total. The maximum atomic E-state index is 13.7. The molecule has 2 amide bonds. The lowest BCUT2D eigenvalue weighted by Gasteiger charge is -2.45. The number of imidazole rings is 1. The summed E-state index contributed by atoms with van der Waals surface area (Å²) in [5.41, 5.74) is 2.04. The number of urea groups is 1. The predicted molar refractivity (Wildman–Crippen MR) is 134 cm³/mol. The minimum absolute atomic E-state index is 0.288. The van der Waals surface area contributed by atoms with Crippen LogP contribution in [0.2, 0.25) is 0 Å². The number of aliphatic hydroxyl groups is 1. The molecule has 3 aromatic rings. The average molecular weight is 527 g/mol. The second kappa shape index (κ2) is 9.04. The fourth-order valence-corrected chi connectivity index (χ4v) is 6.22. The van der Waals surface area contributed by atoms with Crippen LogP contribution in [0.25, 0.3) is 22.5 Å². The van der Waals surface area contributed by atoms with Gasteiger partial charge in [0.15, 0.2) is 5.60 Å². The molecular formula is C28H29F3N4O3. The molecule has 0 aliphatic carbocycles. The zero-order valence-corrected chi connectivity index (χ0v) is 21.0. The number of halogens is 3. The van der Waals surface area contributed by atoms with Gasteiger partial charge in [-0.15, -0.1) is 0 Å². The molecule has 2 bridgehead atoms. The second-order valence-electron chi connectivity index (χ2n) is 10.6. The molecule has 2 fully saturated rings. The first-order valence-electron chi connectivity index (χ1n) is 12.9. The van der Waals surface area contributed by atoms with E-state index in [2.05, 4.69) is 16.0 Å². The summed E-state index contributed by atoms with van der Waals surface area (Å²) in [6, 6.07) is 10.6. The van der Waals surface area contributed by atoms with Crippen molar-refractivity contribution in [2.24, 2.45) is 0 Å². The third kappa shape index (κ3) is 4.20. The van der Waals surface area contributed by atoms with Crippen molar-refractivity contribution in [3.63, 3.8) is 0 Å². The number of H-pyrrole nitrogens is 1. The van der Waals surface area contributed by atoms with Gasteiger partial charge in [0.25, 0.3) is 0 Å². The van der Waals surface area contributed by atoms with Crippen LogP contribution in [0.4, 0.5) is 18.0 Å². The number of benzene rings is 2. The summed E-state index contributed by atoms with van der Waals surface area (Å²) >= 11 is 0. The summed E-state index contributed by atoms with van der Waals surface area (Å²) in [4.78, 5) is 24.3. The molecule has 0 radical (unpaired) electrons. The zero-order chi connectivity index (χ0) is 26.7. The SMILES string of the molecule is Cc1cc(-c2ccc(-c3ncc[nH]3)cc2)cc2c1OCCN(C(=O)N1C3CCC1CC(O)(C(F)(F)F)C3)C2. The van der Waals surface area contributed by atoms with Gasteiger partial charge in [-0.3, -0.25) is 0 Å². The number of aromatic amines is 1. The summed E-state index contributed by atoms with van der Waals surface area (Å²) in [6.07, 6.45) is -1.24. The molecule has 6 rings (SSSR count). The van der Waals surface area contributed by atoms with Gasteiger partial charge >= 0.3 is 12.2 Å². The van der Waals surface area contributed by atoms with E-state index in [-0.39, 0.29) is 6.03 Å². The number of rotatable bonds is 2. The standard InChI is InChI=1S/C28H29F3N4O3/c1-17-12-20(18-2-4-19(5-3-18)25-32-8-9-33-25)13-21-16-34(10-11-38-24(17)21)26(36)35-22-6-7-23(35)15-27(37,14-22)28(29,30)31/h2-5,8-9,12-13,22-23,37H,6-7,10-11,14-16H2,1H3,(H,32,33). The molecule has 2 atom stereocenters. The lowest BCUT2D eigenvalue weighted by atomic mass is 9.85. The number of amides is 2. The summed E-state index contributed by atoms with van der Waals surface area (Å²) in [5, 5.41) is 10.3. The minimum Gasteiger partial charge on any atom is -0.491 e. The number of aromatic nitrogens is 2.